The molecule has 218 valence electrons. The molecular formula is C31H40O9. The number of cyclic esters (lactones) is 2. The van der Waals surface area contributed by atoms with Crippen molar-refractivity contribution < 1.29 is 42.9 Å². The maximum absolute atomic E-state index is 14.3. The van der Waals surface area contributed by atoms with E-state index in [1.807, 2.05) is 26.8 Å². The lowest BCUT2D eigenvalue weighted by molar-refractivity contribution is -0.252. The van der Waals surface area contributed by atoms with Crippen molar-refractivity contribution in [2.24, 2.45) is 28.1 Å². The third kappa shape index (κ3) is 2.87. The third-order valence-electron chi connectivity index (χ3n) is 11.9. The van der Waals surface area contributed by atoms with E-state index in [9.17, 15) is 19.5 Å². The average molecular weight is 557 g/mol. The van der Waals surface area contributed by atoms with E-state index in [1.54, 1.807) is 6.26 Å². The van der Waals surface area contributed by atoms with Crippen LogP contribution in [-0.2, 0) is 39.8 Å². The molecule has 40 heavy (non-hydrogen) atoms. The zero-order chi connectivity index (χ0) is 28.5. The lowest BCUT2D eigenvalue weighted by Gasteiger charge is -2.66. The lowest BCUT2D eigenvalue weighted by atomic mass is 9.36. The average Bonchev–Trinajstić information content (AvgIpc) is 3.45. The Hall–Kier alpha value is -2.23. The predicted molar refractivity (Wildman–Crippen MR) is 139 cm³/mol. The van der Waals surface area contributed by atoms with Crippen LogP contribution in [-0.4, -0.2) is 58.9 Å². The molecule has 2 aliphatic carbocycles. The number of aliphatic hydroxyl groups excluding tert-OH is 1. The summed E-state index contributed by atoms with van der Waals surface area (Å²) in [4.78, 5) is 40.3. The largest absolute Gasteiger partial charge is 0.469 e. The normalized spacial score (nSPS) is 48.2. The van der Waals surface area contributed by atoms with Gasteiger partial charge in [0, 0.05) is 28.2 Å². The van der Waals surface area contributed by atoms with Gasteiger partial charge in [-0.3, -0.25) is 9.59 Å². The van der Waals surface area contributed by atoms with Crippen LogP contribution in [0.15, 0.2) is 16.7 Å². The second-order valence-electron chi connectivity index (χ2n) is 14.0. The highest BCUT2D eigenvalue weighted by molar-refractivity contribution is 5.92. The number of ketones is 1. The Balaban J connectivity index is 1.36. The SMILES string of the molecule is CCCCCc1occc1[C@@H]1OC(=O)[C@H]2O[C@]23[C@]2(C)[C@H](O)C(=O)[C@@H]4C(C)(C)O[C@H]5CC(=O)OC[C@]54[C@H]2CC[C@@]13C. The van der Waals surface area contributed by atoms with Gasteiger partial charge in [0.25, 0.3) is 0 Å². The summed E-state index contributed by atoms with van der Waals surface area (Å²) in [6, 6.07) is 1.89. The van der Waals surface area contributed by atoms with Gasteiger partial charge >= 0.3 is 11.9 Å². The zero-order valence-electron chi connectivity index (χ0n) is 24.0. The molecule has 1 N–H and O–H groups in total. The Morgan fingerprint density at radius 2 is 1.82 bits per heavy atom. The predicted octanol–water partition coefficient (Wildman–Crippen LogP) is 3.84. The summed E-state index contributed by atoms with van der Waals surface area (Å²) in [5.41, 5.74) is -3.83. The van der Waals surface area contributed by atoms with Crippen LogP contribution in [0.25, 0.3) is 0 Å². The summed E-state index contributed by atoms with van der Waals surface area (Å²) >= 11 is 0. The number of rotatable bonds is 5. The number of epoxide rings is 1. The first kappa shape index (κ1) is 26.7. The highest BCUT2D eigenvalue weighted by Crippen LogP contribution is 2.80. The van der Waals surface area contributed by atoms with Gasteiger partial charge in [0.15, 0.2) is 11.9 Å². The molecule has 0 radical (unpaired) electrons. The summed E-state index contributed by atoms with van der Waals surface area (Å²) in [6.45, 7) is 9.92. The Bertz CT molecular complexity index is 1280. The number of ether oxygens (including phenoxy) is 4. The fraction of sp³-hybridized carbons (Fsp3) is 0.774. The first-order chi connectivity index (χ1) is 18.9. The molecule has 6 aliphatic rings. The van der Waals surface area contributed by atoms with Crippen molar-refractivity contribution in [3.05, 3.63) is 23.7 Å². The maximum atomic E-state index is 14.3. The highest BCUT2D eigenvalue weighted by atomic mass is 16.7. The van der Waals surface area contributed by atoms with Gasteiger partial charge in [0.05, 0.1) is 30.3 Å². The minimum Gasteiger partial charge on any atom is -0.469 e. The third-order valence-corrected chi connectivity index (χ3v) is 11.9. The van der Waals surface area contributed by atoms with Crippen molar-refractivity contribution in [3.63, 3.8) is 0 Å². The van der Waals surface area contributed by atoms with E-state index in [2.05, 4.69) is 13.8 Å². The number of hydrogen-bond donors (Lipinski definition) is 1. The topological polar surface area (TPSA) is 125 Å². The van der Waals surface area contributed by atoms with E-state index in [0.717, 1.165) is 37.0 Å². The molecule has 0 aromatic carbocycles. The number of carbonyl (C=O) groups is 3. The Morgan fingerprint density at radius 3 is 2.58 bits per heavy atom. The first-order valence-corrected chi connectivity index (χ1v) is 14.9. The van der Waals surface area contributed by atoms with E-state index in [4.69, 9.17) is 23.4 Å². The van der Waals surface area contributed by atoms with Crippen molar-refractivity contribution >= 4 is 17.7 Å². The van der Waals surface area contributed by atoms with E-state index in [-0.39, 0.29) is 30.7 Å². The number of Topliss-reactive ketones (excluding diaryl/α,β-unsaturated/α-hetero) is 1. The zero-order valence-corrected chi connectivity index (χ0v) is 24.0. The molecule has 7 rings (SSSR count). The summed E-state index contributed by atoms with van der Waals surface area (Å²) in [5, 5.41) is 12.0. The van der Waals surface area contributed by atoms with Crippen molar-refractivity contribution in [1.29, 1.82) is 0 Å². The molecule has 9 heteroatoms. The molecule has 1 aromatic heterocycles. The van der Waals surface area contributed by atoms with Crippen LogP contribution in [0.5, 0.6) is 0 Å². The molecule has 1 aromatic rings. The van der Waals surface area contributed by atoms with Gasteiger partial charge in [-0.2, -0.15) is 0 Å². The summed E-state index contributed by atoms with van der Waals surface area (Å²) in [5.74, 6) is -1.26. The Morgan fingerprint density at radius 1 is 1.05 bits per heavy atom. The first-order valence-electron chi connectivity index (χ1n) is 14.9. The number of aryl methyl sites for hydroxylation is 1. The quantitative estimate of drug-likeness (QED) is 0.327. The van der Waals surface area contributed by atoms with Gasteiger partial charge in [-0.1, -0.05) is 33.6 Å². The van der Waals surface area contributed by atoms with Crippen molar-refractivity contribution in [1.82, 2.24) is 0 Å². The molecule has 2 spiro atoms. The number of fused-ring (bicyclic) bond motifs is 1. The Kier molecular flexibility index (Phi) is 5.46. The monoisotopic (exact) mass is 556 g/mol. The van der Waals surface area contributed by atoms with Gasteiger partial charge in [-0.25, -0.2) is 4.79 Å². The number of hydrogen-bond acceptors (Lipinski definition) is 9. The van der Waals surface area contributed by atoms with Crippen LogP contribution in [0.3, 0.4) is 0 Å². The van der Waals surface area contributed by atoms with Gasteiger partial charge in [-0.15, -0.1) is 0 Å². The van der Waals surface area contributed by atoms with Crippen LogP contribution in [0, 0.1) is 28.1 Å². The van der Waals surface area contributed by atoms with Gasteiger partial charge in [-0.05, 0) is 45.1 Å². The molecule has 4 aliphatic heterocycles. The molecule has 4 saturated heterocycles. The van der Waals surface area contributed by atoms with Crippen LogP contribution >= 0.6 is 0 Å². The van der Waals surface area contributed by atoms with E-state index >= 15 is 0 Å². The number of unbranched alkanes of at least 4 members (excludes halogenated alkanes) is 2. The molecule has 5 heterocycles. The molecular weight excluding hydrogens is 516 g/mol. The number of esters is 2. The van der Waals surface area contributed by atoms with E-state index in [1.165, 1.54) is 0 Å². The van der Waals surface area contributed by atoms with Crippen LogP contribution < -0.4 is 0 Å². The molecule has 6 fully saturated rings. The van der Waals surface area contributed by atoms with Crippen LogP contribution in [0.2, 0.25) is 0 Å². The highest BCUT2D eigenvalue weighted by Gasteiger charge is 2.90. The summed E-state index contributed by atoms with van der Waals surface area (Å²) in [7, 11) is 0. The van der Waals surface area contributed by atoms with Crippen molar-refractivity contribution in [2.75, 3.05) is 6.61 Å². The molecule has 0 unspecified atom stereocenters. The smallest absolute Gasteiger partial charge is 0.339 e. The van der Waals surface area contributed by atoms with Crippen LogP contribution in [0.4, 0.5) is 0 Å². The maximum Gasteiger partial charge on any atom is 0.339 e. The second kappa shape index (κ2) is 8.19. The van der Waals surface area contributed by atoms with E-state index in [0.29, 0.717) is 12.8 Å². The summed E-state index contributed by atoms with van der Waals surface area (Å²) < 4.78 is 30.7. The minimum atomic E-state index is -1.38. The van der Waals surface area contributed by atoms with Crippen molar-refractivity contribution in [3.8, 4) is 0 Å². The Labute approximate surface area is 234 Å². The van der Waals surface area contributed by atoms with E-state index < -0.39 is 63.8 Å². The van der Waals surface area contributed by atoms with Crippen molar-refractivity contribution in [2.45, 2.75) is 115 Å². The fourth-order valence-electron chi connectivity index (χ4n) is 10.4. The standard InChI is InChI=1S/C31H40O9/c1-6-7-8-9-17-16(11-13-36-17)24-28(4)12-10-18-29(5,31(28)25(40-31)26(35)38-24)23(34)21(33)22-27(2,3)39-19-14-20(32)37-15-30(18,19)22/h11,13,18-19,22-25,34H,6-10,12,14-15H2,1-5H3/t18-,19-,22+,23+,24-,25+,28-,29-,30-,31+/m0/s1. The van der Waals surface area contributed by atoms with Gasteiger partial charge < -0.3 is 28.5 Å². The molecule has 0 amide bonds. The molecule has 9 nitrogen and oxygen atoms in total. The number of furan rings is 1. The molecule has 0 bridgehead atoms. The number of carbonyl (C=O) groups excluding carboxylic acids is 3. The second-order valence-corrected chi connectivity index (χ2v) is 14.0. The van der Waals surface area contributed by atoms with Gasteiger partial charge in [0.2, 0.25) is 0 Å². The fourth-order valence-corrected chi connectivity index (χ4v) is 10.4. The molecule has 2 saturated carbocycles. The van der Waals surface area contributed by atoms with Gasteiger partial charge in [0.1, 0.15) is 30.2 Å². The summed E-state index contributed by atoms with van der Waals surface area (Å²) in [6.07, 6.45) is 3.42. The van der Waals surface area contributed by atoms with Crippen LogP contribution in [0.1, 0.15) is 90.6 Å². The number of aliphatic hydroxyl groups is 1. The molecule has 10 atom stereocenters. The lowest BCUT2D eigenvalue weighted by Crippen LogP contribution is -2.76. The minimum absolute atomic E-state index is 0.0535.